The number of hydrogen-bond acceptors (Lipinski definition) is 5. The van der Waals surface area contributed by atoms with Crippen molar-refractivity contribution in [2.45, 2.75) is 64.8 Å². The summed E-state index contributed by atoms with van der Waals surface area (Å²) in [5.41, 5.74) is -0.114. The molecule has 0 aromatic rings. The van der Waals surface area contributed by atoms with E-state index in [1.165, 1.54) is 11.0 Å². The second kappa shape index (κ2) is 11.6. The van der Waals surface area contributed by atoms with E-state index in [-0.39, 0.29) is 47.1 Å². The number of ketones is 2. The molecule has 0 spiro atoms. The first-order chi connectivity index (χ1) is 17.7. The highest BCUT2D eigenvalue weighted by molar-refractivity contribution is 6.21. The minimum atomic E-state index is -0.555. The Balaban J connectivity index is 1.58. The molecule has 2 N–H and O–H groups in total. The quantitative estimate of drug-likeness (QED) is 0.411. The van der Waals surface area contributed by atoms with E-state index in [9.17, 15) is 24.3 Å². The number of amides is 2. The molecule has 4 aliphatic rings. The van der Waals surface area contributed by atoms with Gasteiger partial charge in [-0.1, -0.05) is 44.6 Å². The van der Waals surface area contributed by atoms with Crippen molar-refractivity contribution >= 4 is 23.4 Å². The van der Waals surface area contributed by atoms with Crippen LogP contribution in [0.3, 0.4) is 0 Å². The Bertz CT molecular complexity index is 1050. The molecule has 0 aromatic heterocycles. The van der Waals surface area contributed by atoms with Gasteiger partial charge in [0, 0.05) is 32.0 Å². The highest BCUT2D eigenvalue weighted by Gasteiger charge is 2.52. The van der Waals surface area contributed by atoms with Crippen molar-refractivity contribution in [2.24, 2.45) is 35.5 Å². The van der Waals surface area contributed by atoms with Gasteiger partial charge < -0.3 is 15.3 Å². The maximum atomic E-state index is 13.2. The monoisotopic (exact) mass is 508 g/mol. The average molecular weight is 509 g/mol. The third kappa shape index (κ3) is 5.51. The third-order valence-corrected chi connectivity index (χ3v) is 9.18. The molecule has 0 saturated heterocycles. The van der Waals surface area contributed by atoms with E-state index in [1.54, 1.807) is 25.3 Å². The molecule has 2 fully saturated rings. The zero-order chi connectivity index (χ0) is 26.7. The number of Topliss-reactive ketones (excluding diaryl/α,β-unsaturated/α-hetero) is 1. The number of likely N-dealkylation sites (N-methyl/N-ethyl adjacent to an activating group) is 1. The maximum Gasteiger partial charge on any atom is 0.261 e. The van der Waals surface area contributed by atoms with Crippen molar-refractivity contribution < 1.29 is 24.3 Å². The van der Waals surface area contributed by atoms with Crippen molar-refractivity contribution in [1.82, 2.24) is 10.2 Å². The van der Waals surface area contributed by atoms with Crippen molar-refractivity contribution in [3.05, 3.63) is 47.8 Å². The van der Waals surface area contributed by atoms with Gasteiger partial charge in [-0.05, 0) is 67.8 Å². The molecule has 2 saturated carbocycles. The molecule has 7 nitrogen and oxygen atoms in total. The van der Waals surface area contributed by atoms with E-state index < -0.39 is 11.9 Å². The van der Waals surface area contributed by atoms with Crippen molar-refractivity contribution in [1.29, 1.82) is 0 Å². The topological polar surface area (TPSA) is 104 Å². The van der Waals surface area contributed by atoms with E-state index >= 15 is 0 Å². The van der Waals surface area contributed by atoms with Gasteiger partial charge in [0.25, 0.3) is 5.91 Å². The smallest absolute Gasteiger partial charge is 0.261 e. The summed E-state index contributed by atoms with van der Waals surface area (Å²) in [7, 11) is 1.59. The molecular formula is C30H40N2O5. The number of fused-ring (bicyclic) bond motifs is 4. The summed E-state index contributed by atoms with van der Waals surface area (Å²) in [6, 6.07) is -0.555. The molecule has 7 unspecified atom stereocenters. The Hall–Kier alpha value is -2.96. The molecule has 2 bridgehead atoms. The van der Waals surface area contributed by atoms with Gasteiger partial charge in [-0.2, -0.15) is 0 Å². The number of aliphatic hydroxyl groups excluding tert-OH is 1. The second-order valence-corrected chi connectivity index (χ2v) is 11.2. The summed E-state index contributed by atoms with van der Waals surface area (Å²) in [6.07, 6.45) is 15.1. The largest absolute Gasteiger partial charge is 0.509 e. The molecule has 0 radical (unpaired) electrons. The van der Waals surface area contributed by atoms with Crippen LogP contribution in [0.4, 0.5) is 0 Å². The van der Waals surface area contributed by atoms with E-state index in [4.69, 9.17) is 0 Å². The fraction of sp³-hybridized carbons (Fsp3) is 0.600. The van der Waals surface area contributed by atoms with E-state index in [1.807, 2.05) is 6.08 Å². The number of carbonyl (C=O) groups excluding carboxylic acids is 4. The highest BCUT2D eigenvalue weighted by atomic mass is 16.3. The molecule has 2 aliphatic heterocycles. The lowest BCUT2D eigenvalue weighted by molar-refractivity contribution is -0.128. The second-order valence-electron chi connectivity index (χ2n) is 11.2. The van der Waals surface area contributed by atoms with Crippen LogP contribution in [-0.2, 0) is 19.2 Å². The molecule has 7 heteroatoms. The summed E-state index contributed by atoms with van der Waals surface area (Å²) >= 11 is 0. The Morgan fingerprint density at radius 2 is 1.86 bits per heavy atom. The summed E-state index contributed by atoms with van der Waals surface area (Å²) < 4.78 is 0. The molecule has 2 heterocycles. The number of nitrogens with zero attached hydrogens (tertiary/aromatic N) is 1. The zero-order valence-corrected chi connectivity index (χ0v) is 22.2. The van der Waals surface area contributed by atoms with Gasteiger partial charge in [-0.25, -0.2) is 0 Å². The molecule has 0 aromatic carbocycles. The van der Waals surface area contributed by atoms with Crippen LogP contribution in [0.15, 0.2) is 47.8 Å². The average Bonchev–Trinajstić information content (AvgIpc) is 3.45. The minimum absolute atomic E-state index is 0.0838. The number of allylic oxidation sites excluding steroid dienone is 5. The Labute approximate surface area is 219 Å². The molecule has 2 aliphatic carbocycles. The first-order valence-corrected chi connectivity index (χ1v) is 13.8. The number of rotatable bonds is 1. The number of hydrogen-bond donors (Lipinski definition) is 2. The van der Waals surface area contributed by atoms with Crippen LogP contribution < -0.4 is 5.32 Å². The lowest BCUT2D eigenvalue weighted by Crippen LogP contribution is -2.33. The normalized spacial score (nSPS) is 35.6. The Morgan fingerprint density at radius 3 is 2.62 bits per heavy atom. The molecule has 37 heavy (non-hydrogen) atoms. The van der Waals surface area contributed by atoms with Gasteiger partial charge in [0.15, 0.2) is 11.6 Å². The van der Waals surface area contributed by atoms with Gasteiger partial charge in [0.2, 0.25) is 5.91 Å². The highest BCUT2D eigenvalue weighted by Crippen LogP contribution is 2.57. The van der Waals surface area contributed by atoms with Gasteiger partial charge in [-0.15, -0.1) is 0 Å². The van der Waals surface area contributed by atoms with E-state index in [0.29, 0.717) is 49.5 Å². The molecular weight excluding hydrogens is 468 g/mol. The predicted octanol–water partition coefficient (Wildman–Crippen LogP) is 4.07. The molecule has 7 atom stereocenters. The SMILES string of the molecule is CCC1CC2CC3C(=O)C=CC=CC(=O)NCCCC4C(O)=C(C(=O)CCC=CC3C2C1C)C(=O)N4C. The van der Waals surface area contributed by atoms with Crippen molar-refractivity contribution in [3.8, 4) is 0 Å². The fourth-order valence-corrected chi connectivity index (χ4v) is 7.23. The van der Waals surface area contributed by atoms with Crippen LogP contribution in [0.25, 0.3) is 0 Å². The lowest BCUT2D eigenvalue weighted by atomic mass is 9.78. The van der Waals surface area contributed by atoms with Crippen molar-refractivity contribution in [3.63, 3.8) is 0 Å². The standard InChI is InChI=1S/C30H40N2O5/c1-4-19-16-20-17-22-21(27(20)18(19)2)10-5-6-13-25(34)28-29(36)23(32(3)30(28)37)11-9-15-31-26(35)14-8-7-12-24(22)33/h5,7-8,10,12,14,18-23,27,36H,4,6,9,11,13,15-17H2,1-3H3,(H,31,35). The van der Waals surface area contributed by atoms with Crippen LogP contribution in [0, 0.1) is 35.5 Å². The first kappa shape index (κ1) is 27.1. The summed E-state index contributed by atoms with van der Waals surface area (Å²) in [4.78, 5) is 52.4. The first-order valence-electron chi connectivity index (χ1n) is 13.8. The van der Waals surface area contributed by atoms with Gasteiger partial charge in [0.05, 0.1) is 6.04 Å². The van der Waals surface area contributed by atoms with E-state index in [0.717, 1.165) is 19.3 Å². The summed E-state index contributed by atoms with van der Waals surface area (Å²) in [5, 5.41) is 13.5. The van der Waals surface area contributed by atoms with E-state index in [2.05, 4.69) is 25.2 Å². The number of carbonyl (C=O) groups is 4. The summed E-state index contributed by atoms with van der Waals surface area (Å²) in [6.45, 7) is 4.92. The molecule has 2 amide bonds. The van der Waals surface area contributed by atoms with Crippen molar-refractivity contribution in [2.75, 3.05) is 13.6 Å². The van der Waals surface area contributed by atoms with Crippen LogP contribution in [0.2, 0.25) is 0 Å². The predicted molar refractivity (Wildman–Crippen MR) is 141 cm³/mol. The minimum Gasteiger partial charge on any atom is -0.509 e. The number of nitrogens with one attached hydrogen (secondary N) is 1. The van der Waals surface area contributed by atoms with Crippen LogP contribution >= 0.6 is 0 Å². The molecule has 200 valence electrons. The summed E-state index contributed by atoms with van der Waals surface area (Å²) in [5.74, 6) is 1.02. The lowest BCUT2D eigenvalue weighted by Gasteiger charge is -2.26. The Morgan fingerprint density at radius 1 is 1.11 bits per heavy atom. The fourth-order valence-electron chi connectivity index (χ4n) is 7.23. The maximum absolute atomic E-state index is 13.2. The molecule has 4 rings (SSSR count). The zero-order valence-electron chi connectivity index (χ0n) is 22.2. The van der Waals surface area contributed by atoms with Crippen LogP contribution in [-0.4, -0.2) is 53.0 Å². The van der Waals surface area contributed by atoms with Crippen LogP contribution in [0.1, 0.15) is 58.8 Å². The van der Waals surface area contributed by atoms with Crippen LogP contribution in [0.5, 0.6) is 0 Å². The third-order valence-electron chi connectivity index (χ3n) is 9.18. The Kier molecular flexibility index (Phi) is 8.50. The van der Waals surface area contributed by atoms with Gasteiger partial charge >= 0.3 is 0 Å². The van der Waals surface area contributed by atoms with Gasteiger partial charge in [0.1, 0.15) is 11.3 Å². The van der Waals surface area contributed by atoms with Gasteiger partial charge in [-0.3, -0.25) is 19.2 Å². The number of aliphatic hydroxyl groups is 1.